The summed E-state index contributed by atoms with van der Waals surface area (Å²) < 4.78 is 0. The molecule has 2 aliphatic carbocycles. The lowest BCUT2D eigenvalue weighted by atomic mass is 9.57. The van der Waals surface area contributed by atoms with Gasteiger partial charge in [-0.05, 0) is 75.4 Å². The highest BCUT2D eigenvalue weighted by molar-refractivity contribution is 7.78. The van der Waals surface area contributed by atoms with Crippen LogP contribution in [0.5, 0.6) is 0 Å². The maximum absolute atomic E-state index is 4.87. The van der Waals surface area contributed by atoms with Crippen LogP contribution in [0.2, 0.25) is 0 Å². The maximum Gasteiger partial charge on any atom is 0.0716 e. The van der Waals surface area contributed by atoms with Crippen LogP contribution in [0.3, 0.4) is 0 Å². The van der Waals surface area contributed by atoms with Gasteiger partial charge in [0.1, 0.15) is 0 Å². The smallest absolute Gasteiger partial charge is 0.0716 e. The summed E-state index contributed by atoms with van der Waals surface area (Å²) in [7, 11) is 0. The molecule has 2 aliphatic rings. The van der Waals surface area contributed by atoms with Crippen molar-refractivity contribution < 1.29 is 0 Å². The molecular formula is C16H25NS. The second-order valence-corrected chi connectivity index (χ2v) is 6.92. The Morgan fingerprint density at radius 3 is 2.78 bits per heavy atom. The number of hydrogen-bond acceptors (Lipinski definition) is 2. The minimum Gasteiger partial charge on any atom is -0.226 e. The van der Waals surface area contributed by atoms with Crippen LogP contribution >= 0.6 is 12.2 Å². The molecule has 0 aliphatic heterocycles. The Labute approximate surface area is 117 Å². The summed E-state index contributed by atoms with van der Waals surface area (Å²) in [6.07, 6.45) is 7.49. The molecule has 0 N–H and O–H groups in total. The summed E-state index contributed by atoms with van der Waals surface area (Å²) in [5.41, 5.74) is 1.60. The lowest BCUT2D eigenvalue weighted by Gasteiger charge is -2.49. The third-order valence-corrected chi connectivity index (χ3v) is 5.32. The van der Waals surface area contributed by atoms with Gasteiger partial charge in [-0.2, -0.15) is 0 Å². The fourth-order valence-corrected chi connectivity index (χ4v) is 4.32. The standard InChI is InChI=1S/C16H25NS/c1-11(2)13-7-8-16(4,17-10-18)15-6-5-12(3)9-14(13)15/h9,11,13-15H,5-8H2,1-4H3/t13-,14-,15+,16+/m1/s1. The summed E-state index contributed by atoms with van der Waals surface area (Å²) in [6, 6.07) is 0. The van der Waals surface area contributed by atoms with Crippen LogP contribution in [0.25, 0.3) is 0 Å². The number of isothiocyanates is 1. The van der Waals surface area contributed by atoms with Crippen molar-refractivity contribution in [2.45, 2.75) is 58.9 Å². The van der Waals surface area contributed by atoms with E-state index in [9.17, 15) is 0 Å². The zero-order valence-corrected chi connectivity index (χ0v) is 12.9. The molecule has 0 aromatic heterocycles. The number of hydrogen-bond donors (Lipinski definition) is 0. The van der Waals surface area contributed by atoms with E-state index in [0.717, 1.165) is 11.8 Å². The van der Waals surface area contributed by atoms with Gasteiger partial charge < -0.3 is 0 Å². The number of fused-ring (bicyclic) bond motifs is 1. The fourth-order valence-electron chi connectivity index (χ4n) is 4.11. The van der Waals surface area contributed by atoms with Crippen molar-refractivity contribution in [1.82, 2.24) is 0 Å². The molecule has 0 amide bonds. The lowest BCUT2D eigenvalue weighted by Crippen LogP contribution is -2.47. The molecule has 4 atom stereocenters. The van der Waals surface area contributed by atoms with E-state index >= 15 is 0 Å². The Kier molecular flexibility index (Phi) is 4.08. The molecule has 0 unspecified atom stereocenters. The molecule has 0 radical (unpaired) electrons. The average molecular weight is 263 g/mol. The molecule has 2 rings (SSSR count). The Morgan fingerprint density at radius 1 is 1.44 bits per heavy atom. The summed E-state index contributed by atoms with van der Waals surface area (Å²) in [5, 5.41) is 2.65. The molecule has 0 aromatic rings. The molecule has 1 saturated carbocycles. The van der Waals surface area contributed by atoms with Crippen LogP contribution in [0, 0.1) is 23.7 Å². The molecule has 0 heterocycles. The summed E-state index contributed by atoms with van der Waals surface area (Å²) >= 11 is 4.87. The molecule has 0 spiro atoms. The molecule has 0 aromatic carbocycles. The predicted octanol–water partition coefficient (Wildman–Crippen LogP) is 4.89. The predicted molar refractivity (Wildman–Crippen MR) is 81.0 cm³/mol. The molecular weight excluding hydrogens is 238 g/mol. The van der Waals surface area contributed by atoms with E-state index in [-0.39, 0.29) is 5.54 Å². The highest BCUT2D eigenvalue weighted by Crippen LogP contribution is 2.51. The SMILES string of the molecule is CC1=C[C@@H]2[C@@H](C(C)C)CC[C@](C)(N=C=S)[C@H]2CC1. The Bertz CT molecular complexity index is 392. The molecule has 1 fully saturated rings. The van der Waals surface area contributed by atoms with Crippen molar-refractivity contribution in [2.24, 2.45) is 28.7 Å². The van der Waals surface area contributed by atoms with Gasteiger partial charge in [-0.1, -0.05) is 25.5 Å². The first-order valence-electron chi connectivity index (χ1n) is 7.24. The average Bonchev–Trinajstić information content (AvgIpc) is 2.28. The molecule has 2 heteroatoms. The topological polar surface area (TPSA) is 12.4 Å². The van der Waals surface area contributed by atoms with E-state index in [4.69, 9.17) is 12.2 Å². The summed E-state index contributed by atoms with van der Waals surface area (Å²) in [6.45, 7) is 9.30. The largest absolute Gasteiger partial charge is 0.226 e. The molecule has 1 nitrogen and oxygen atoms in total. The molecule has 18 heavy (non-hydrogen) atoms. The second-order valence-electron chi connectivity index (χ2n) is 6.74. The minimum absolute atomic E-state index is 0.0367. The Hall–Kier alpha value is -0.460. The zero-order valence-electron chi connectivity index (χ0n) is 12.1. The van der Waals surface area contributed by atoms with Gasteiger partial charge in [0.2, 0.25) is 0 Å². The third-order valence-electron chi connectivity index (χ3n) is 5.23. The van der Waals surface area contributed by atoms with Crippen LogP contribution in [-0.4, -0.2) is 10.7 Å². The van der Waals surface area contributed by atoms with Crippen molar-refractivity contribution in [3.63, 3.8) is 0 Å². The second kappa shape index (κ2) is 5.27. The van der Waals surface area contributed by atoms with E-state index < -0.39 is 0 Å². The van der Waals surface area contributed by atoms with E-state index in [0.29, 0.717) is 11.8 Å². The maximum atomic E-state index is 4.87. The van der Waals surface area contributed by atoms with Crippen molar-refractivity contribution in [3.8, 4) is 0 Å². The van der Waals surface area contributed by atoms with Gasteiger partial charge in [0.25, 0.3) is 0 Å². The van der Waals surface area contributed by atoms with Crippen LogP contribution in [0.15, 0.2) is 16.6 Å². The molecule has 0 saturated heterocycles. The zero-order chi connectivity index (χ0) is 13.3. The Balaban J connectivity index is 2.34. The number of allylic oxidation sites excluding steroid dienone is 2. The van der Waals surface area contributed by atoms with Gasteiger partial charge in [-0.15, -0.1) is 0 Å². The first kappa shape index (κ1) is 14.0. The van der Waals surface area contributed by atoms with E-state index in [1.54, 1.807) is 5.57 Å². The quantitative estimate of drug-likeness (QED) is 0.393. The normalized spacial score (nSPS) is 39.8. The van der Waals surface area contributed by atoms with Crippen molar-refractivity contribution in [1.29, 1.82) is 0 Å². The summed E-state index contributed by atoms with van der Waals surface area (Å²) in [5.74, 6) is 2.95. The van der Waals surface area contributed by atoms with Gasteiger partial charge in [0, 0.05) is 0 Å². The van der Waals surface area contributed by atoms with Gasteiger partial charge in [0.15, 0.2) is 0 Å². The summed E-state index contributed by atoms with van der Waals surface area (Å²) in [4.78, 5) is 4.55. The minimum atomic E-state index is 0.0367. The van der Waals surface area contributed by atoms with E-state index in [2.05, 4.69) is 43.9 Å². The van der Waals surface area contributed by atoms with E-state index in [1.807, 2.05) is 0 Å². The molecule has 100 valence electrons. The van der Waals surface area contributed by atoms with Gasteiger partial charge in [0.05, 0.1) is 10.7 Å². The highest BCUT2D eigenvalue weighted by atomic mass is 32.1. The number of thiocarbonyl (C=S) groups is 1. The first-order chi connectivity index (χ1) is 8.48. The number of rotatable bonds is 2. The van der Waals surface area contributed by atoms with Crippen LogP contribution in [0.4, 0.5) is 0 Å². The van der Waals surface area contributed by atoms with Gasteiger partial charge >= 0.3 is 0 Å². The fraction of sp³-hybridized carbons (Fsp3) is 0.812. The molecule has 0 bridgehead atoms. The van der Waals surface area contributed by atoms with Crippen LogP contribution in [0.1, 0.15) is 53.4 Å². The third kappa shape index (κ3) is 2.46. The first-order valence-corrected chi connectivity index (χ1v) is 7.65. The van der Waals surface area contributed by atoms with Gasteiger partial charge in [-0.25, -0.2) is 4.99 Å². The van der Waals surface area contributed by atoms with Crippen LogP contribution < -0.4 is 0 Å². The monoisotopic (exact) mass is 263 g/mol. The van der Waals surface area contributed by atoms with Crippen LogP contribution in [-0.2, 0) is 0 Å². The van der Waals surface area contributed by atoms with Crippen molar-refractivity contribution >= 4 is 17.4 Å². The van der Waals surface area contributed by atoms with Gasteiger partial charge in [-0.3, -0.25) is 0 Å². The Morgan fingerprint density at radius 2 is 2.17 bits per heavy atom. The highest BCUT2D eigenvalue weighted by Gasteiger charge is 2.47. The van der Waals surface area contributed by atoms with Crippen molar-refractivity contribution in [3.05, 3.63) is 11.6 Å². The lowest BCUT2D eigenvalue weighted by molar-refractivity contribution is 0.0685. The number of aliphatic imine (C=N–C) groups is 1. The van der Waals surface area contributed by atoms with E-state index in [1.165, 1.54) is 25.7 Å². The number of nitrogens with zero attached hydrogens (tertiary/aromatic N) is 1. The van der Waals surface area contributed by atoms with Crippen molar-refractivity contribution in [2.75, 3.05) is 0 Å².